The molecule has 1 fully saturated rings. The van der Waals surface area contributed by atoms with Crippen LogP contribution in [0.1, 0.15) is 36.6 Å². The summed E-state index contributed by atoms with van der Waals surface area (Å²) >= 11 is 0. The Hall–Kier alpha value is -3.01. The highest BCUT2D eigenvalue weighted by Gasteiger charge is 2.22. The lowest BCUT2D eigenvalue weighted by atomic mass is 10.00. The Morgan fingerprint density at radius 2 is 1.93 bits per heavy atom. The minimum Gasteiger partial charge on any atom is -0.352 e. The zero-order chi connectivity index (χ0) is 19.4. The number of hydrogen-bond donors (Lipinski definition) is 0. The molecule has 0 unspecified atom stereocenters. The molecule has 6 nitrogen and oxygen atoms in total. The number of benzene rings is 1. The van der Waals surface area contributed by atoms with Crippen LogP contribution in [0.15, 0.2) is 30.3 Å². The third kappa shape index (κ3) is 4.40. The topological polar surface area (TPSA) is 73.1 Å². The maximum absolute atomic E-state index is 14.1. The highest BCUT2D eigenvalue weighted by atomic mass is 19.1. The lowest BCUT2D eigenvalue weighted by molar-refractivity contribution is -0.130. The lowest BCUT2D eigenvalue weighted by Crippen LogP contribution is -2.49. The highest BCUT2D eigenvalue weighted by Crippen LogP contribution is 2.20. The van der Waals surface area contributed by atoms with Crippen LogP contribution in [-0.2, 0) is 11.2 Å². The molecule has 140 valence electrons. The molecule has 0 saturated carbocycles. The average molecular weight is 367 g/mol. The molecule has 2 heterocycles. The van der Waals surface area contributed by atoms with E-state index in [4.69, 9.17) is 5.26 Å². The second-order valence-electron chi connectivity index (χ2n) is 6.94. The van der Waals surface area contributed by atoms with Crippen LogP contribution in [0.3, 0.4) is 0 Å². The van der Waals surface area contributed by atoms with Gasteiger partial charge in [0, 0.05) is 26.2 Å². The fourth-order valence-corrected chi connectivity index (χ4v) is 3.17. The predicted molar refractivity (Wildman–Crippen MR) is 99.7 cm³/mol. The number of carbonyl (C=O) groups is 1. The maximum atomic E-state index is 14.1. The first kappa shape index (κ1) is 18.8. The molecule has 0 atom stereocenters. The van der Waals surface area contributed by atoms with E-state index >= 15 is 0 Å². The number of amides is 1. The molecule has 1 amide bonds. The van der Waals surface area contributed by atoms with Gasteiger partial charge in [-0.3, -0.25) is 4.79 Å². The number of anilines is 1. The van der Waals surface area contributed by atoms with Gasteiger partial charge in [0.15, 0.2) is 11.5 Å². The van der Waals surface area contributed by atoms with Crippen molar-refractivity contribution in [2.75, 3.05) is 31.1 Å². The number of rotatable bonds is 4. The molecule has 0 N–H and O–H groups in total. The van der Waals surface area contributed by atoms with Crippen molar-refractivity contribution >= 4 is 11.7 Å². The van der Waals surface area contributed by atoms with Crippen LogP contribution >= 0.6 is 0 Å². The molecule has 1 aromatic carbocycles. The Labute approximate surface area is 158 Å². The Kier molecular flexibility index (Phi) is 5.65. The van der Waals surface area contributed by atoms with Gasteiger partial charge in [0.1, 0.15) is 11.9 Å². The van der Waals surface area contributed by atoms with Gasteiger partial charge in [0.05, 0.1) is 6.42 Å². The summed E-state index contributed by atoms with van der Waals surface area (Å²) in [5, 5.41) is 16.7. The van der Waals surface area contributed by atoms with Gasteiger partial charge in [-0.05, 0) is 35.2 Å². The first-order valence-electron chi connectivity index (χ1n) is 9.03. The second-order valence-corrected chi connectivity index (χ2v) is 6.94. The minimum atomic E-state index is -0.250. The molecule has 1 aliphatic rings. The molecule has 0 aliphatic carbocycles. The van der Waals surface area contributed by atoms with Crippen LogP contribution in [0, 0.1) is 17.1 Å². The van der Waals surface area contributed by atoms with E-state index in [1.165, 1.54) is 6.07 Å². The monoisotopic (exact) mass is 367 g/mol. The molecule has 27 heavy (non-hydrogen) atoms. The smallest absolute Gasteiger partial charge is 0.227 e. The third-order valence-corrected chi connectivity index (χ3v) is 4.76. The van der Waals surface area contributed by atoms with Gasteiger partial charge in [0.25, 0.3) is 0 Å². The van der Waals surface area contributed by atoms with Crippen molar-refractivity contribution in [1.29, 1.82) is 5.26 Å². The van der Waals surface area contributed by atoms with Crippen LogP contribution < -0.4 is 4.90 Å². The summed E-state index contributed by atoms with van der Waals surface area (Å²) in [5.41, 5.74) is 1.65. The van der Waals surface area contributed by atoms with Gasteiger partial charge >= 0.3 is 0 Å². The Morgan fingerprint density at radius 3 is 2.48 bits per heavy atom. The van der Waals surface area contributed by atoms with Crippen molar-refractivity contribution in [3.8, 4) is 6.07 Å². The summed E-state index contributed by atoms with van der Waals surface area (Å²) in [6, 6.07) is 10.4. The molecular formula is C20H22FN5O. The minimum absolute atomic E-state index is 0.00254. The first-order chi connectivity index (χ1) is 13.0. The lowest BCUT2D eigenvalue weighted by Gasteiger charge is -2.35. The van der Waals surface area contributed by atoms with Crippen molar-refractivity contribution in [2.45, 2.75) is 26.2 Å². The summed E-state index contributed by atoms with van der Waals surface area (Å²) in [5.74, 6) is 0.567. The molecule has 0 spiro atoms. The average Bonchev–Trinajstić information content (AvgIpc) is 2.68. The summed E-state index contributed by atoms with van der Waals surface area (Å²) in [6.07, 6.45) is 0.200. The van der Waals surface area contributed by atoms with Crippen molar-refractivity contribution in [2.24, 2.45) is 0 Å². The SMILES string of the molecule is CC(C)c1ccc(CC(=O)N2CCN(c3ccc(C#N)nn3)CC2)cc1F. The van der Waals surface area contributed by atoms with Crippen molar-refractivity contribution in [1.82, 2.24) is 15.1 Å². The zero-order valence-corrected chi connectivity index (χ0v) is 15.5. The number of nitriles is 1. The van der Waals surface area contributed by atoms with Gasteiger partial charge in [0.2, 0.25) is 5.91 Å². The number of halogens is 1. The standard InChI is InChI=1S/C20H22FN5O/c1-14(2)17-5-3-15(11-18(17)21)12-20(27)26-9-7-25(8-10-26)19-6-4-16(13-22)23-24-19/h3-6,11,14H,7-10,12H2,1-2H3. The highest BCUT2D eigenvalue weighted by molar-refractivity contribution is 5.79. The van der Waals surface area contributed by atoms with E-state index in [1.54, 1.807) is 23.1 Å². The summed E-state index contributed by atoms with van der Waals surface area (Å²) in [6.45, 7) is 6.34. The van der Waals surface area contributed by atoms with E-state index < -0.39 is 0 Å². The fourth-order valence-electron chi connectivity index (χ4n) is 3.17. The fraction of sp³-hybridized carbons (Fsp3) is 0.400. The second kappa shape index (κ2) is 8.12. The molecule has 0 bridgehead atoms. The van der Waals surface area contributed by atoms with E-state index in [1.807, 2.05) is 30.9 Å². The Bertz CT molecular complexity index is 852. The third-order valence-electron chi connectivity index (χ3n) is 4.76. The summed E-state index contributed by atoms with van der Waals surface area (Å²) in [7, 11) is 0. The van der Waals surface area contributed by atoms with E-state index in [9.17, 15) is 9.18 Å². The molecule has 1 aromatic heterocycles. The van der Waals surface area contributed by atoms with Gasteiger partial charge < -0.3 is 9.80 Å². The van der Waals surface area contributed by atoms with Gasteiger partial charge in [-0.15, -0.1) is 10.2 Å². The molecule has 0 radical (unpaired) electrons. The van der Waals surface area contributed by atoms with E-state index in [0.717, 1.165) is 0 Å². The number of hydrogen-bond acceptors (Lipinski definition) is 5. The maximum Gasteiger partial charge on any atom is 0.227 e. The van der Waals surface area contributed by atoms with Crippen molar-refractivity contribution < 1.29 is 9.18 Å². The number of aromatic nitrogens is 2. The zero-order valence-electron chi connectivity index (χ0n) is 15.5. The normalized spacial score (nSPS) is 14.3. The molecule has 1 saturated heterocycles. The molecule has 1 aliphatic heterocycles. The van der Waals surface area contributed by atoms with Gasteiger partial charge in [-0.1, -0.05) is 26.0 Å². The van der Waals surface area contributed by atoms with E-state index in [0.29, 0.717) is 43.1 Å². The molecular weight excluding hydrogens is 345 g/mol. The largest absolute Gasteiger partial charge is 0.352 e. The van der Waals surface area contributed by atoms with Crippen LogP contribution in [-0.4, -0.2) is 47.2 Å². The number of carbonyl (C=O) groups excluding carboxylic acids is 1. The van der Waals surface area contributed by atoms with Crippen LogP contribution in [0.25, 0.3) is 0 Å². The Morgan fingerprint density at radius 1 is 1.19 bits per heavy atom. The molecule has 2 aromatic rings. The molecule has 7 heteroatoms. The van der Waals surface area contributed by atoms with Crippen LogP contribution in [0.4, 0.5) is 10.2 Å². The van der Waals surface area contributed by atoms with E-state index in [-0.39, 0.29) is 29.8 Å². The quantitative estimate of drug-likeness (QED) is 0.830. The van der Waals surface area contributed by atoms with Crippen LogP contribution in [0.2, 0.25) is 0 Å². The van der Waals surface area contributed by atoms with Crippen LogP contribution in [0.5, 0.6) is 0 Å². The van der Waals surface area contributed by atoms with Crippen molar-refractivity contribution in [3.05, 3.63) is 53.0 Å². The first-order valence-corrected chi connectivity index (χ1v) is 9.03. The number of nitrogens with zero attached hydrogens (tertiary/aromatic N) is 5. The summed E-state index contributed by atoms with van der Waals surface area (Å²) < 4.78 is 14.1. The molecule has 3 rings (SSSR count). The predicted octanol–water partition coefficient (Wildman–Crippen LogP) is 2.50. The van der Waals surface area contributed by atoms with Gasteiger partial charge in [-0.2, -0.15) is 5.26 Å². The number of piperazine rings is 1. The van der Waals surface area contributed by atoms with E-state index in [2.05, 4.69) is 10.2 Å². The Balaban J connectivity index is 1.57. The summed E-state index contributed by atoms with van der Waals surface area (Å²) in [4.78, 5) is 16.4. The van der Waals surface area contributed by atoms with Crippen molar-refractivity contribution in [3.63, 3.8) is 0 Å². The van der Waals surface area contributed by atoms with Gasteiger partial charge in [-0.25, -0.2) is 4.39 Å².